The molecule has 2 aromatic carbocycles. The van der Waals surface area contributed by atoms with Crippen molar-refractivity contribution in [3.63, 3.8) is 0 Å². The van der Waals surface area contributed by atoms with Crippen LogP contribution in [0.1, 0.15) is 57.8 Å². The fraction of sp³-hybridized carbons (Fsp3) is 0.143. The Morgan fingerprint density at radius 3 is 1.38 bits per heavy atom. The average Bonchev–Trinajstić information content (AvgIpc) is 2.89. The lowest BCUT2D eigenvalue weighted by Gasteiger charge is -2.15. The summed E-state index contributed by atoms with van der Waals surface area (Å²) in [7, 11) is 0. The number of amides is 2. The van der Waals surface area contributed by atoms with Gasteiger partial charge in [-0.1, -0.05) is 60.7 Å². The molecule has 0 radical (unpaired) electrons. The molecular weight excluding hydrogens is 424 g/mol. The molecule has 4 rings (SSSR count). The minimum Gasteiger partial charge on any atom is -0.346 e. The zero-order chi connectivity index (χ0) is 23.9. The third-order valence-electron chi connectivity index (χ3n) is 5.60. The zero-order valence-electron chi connectivity index (χ0n) is 19.1. The van der Waals surface area contributed by atoms with Crippen LogP contribution >= 0.6 is 0 Å². The van der Waals surface area contributed by atoms with E-state index in [0.717, 1.165) is 11.1 Å². The Morgan fingerprint density at radius 2 is 1.00 bits per heavy atom. The predicted molar refractivity (Wildman–Crippen MR) is 132 cm³/mol. The van der Waals surface area contributed by atoms with Crippen LogP contribution in [-0.2, 0) is 0 Å². The SMILES string of the molecule is C[C@@H](NC(=O)c1ccnc(-c2cc(C(=O)N[C@H](C)c3ccccc3)ccn2)c1)c1ccccc1. The van der Waals surface area contributed by atoms with Crippen molar-refractivity contribution in [1.82, 2.24) is 20.6 Å². The molecule has 0 aliphatic heterocycles. The molecule has 0 bridgehead atoms. The van der Waals surface area contributed by atoms with Crippen LogP contribution in [0.5, 0.6) is 0 Å². The summed E-state index contributed by atoms with van der Waals surface area (Å²) in [6.45, 7) is 3.88. The van der Waals surface area contributed by atoms with Crippen molar-refractivity contribution in [2.24, 2.45) is 0 Å². The molecule has 0 aliphatic carbocycles. The number of rotatable bonds is 7. The standard InChI is InChI=1S/C28H26N4O2/c1-19(21-9-5-3-6-10-21)31-27(33)23-13-15-29-25(17-23)26-18-24(14-16-30-26)28(34)32-20(2)22-11-7-4-8-12-22/h3-20H,1-2H3,(H,31,33)(H,32,34)/t19-,20-/m1/s1. The summed E-state index contributed by atoms with van der Waals surface area (Å²) >= 11 is 0. The highest BCUT2D eigenvalue weighted by Gasteiger charge is 2.15. The first kappa shape index (κ1) is 22.9. The number of nitrogens with zero attached hydrogens (tertiary/aromatic N) is 2. The van der Waals surface area contributed by atoms with Crippen molar-refractivity contribution in [2.45, 2.75) is 25.9 Å². The van der Waals surface area contributed by atoms with Gasteiger partial charge in [0.15, 0.2) is 0 Å². The highest BCUT2D eigenvalue weighted by Crippen LogP contribution is 2.19. The topological polar surface area (TPSA) is 84.0 Å². The van der Waals surface area contributed by atoms with Gasteiger partial charge >= 0.3 is 0 Å². The van der Waals surface area contributed by atoms with E-state index in [2.05, 4.69) is 20.6 Å². The first-order chi connectivity index (χ1) is 16.5. The summed E-state index contributed by atoms with van der Waals surface area (Å²) in [5.74, 6) is -0.406. The summed E-state index contributed by atoms with van der Waals surface area (Å²) in [6, 6.07) is 26.0. The molecule has 6 heteroatoms. The van der Waals surface area contributed by atoms with Gasteiger partial charge in [0.05, 0.1) is 23.5 Å². The van der Waals surface area contributed by atoms with E-state index in [4.69, 9.17) is 0 Å². The van der Waals surface area contributed by atoms with Crippen molar-refractivity contribution in [3.8, 4) is 11.4 Å². The molecular formula is C28H26N4O2. The highest BCUT2D eigenvalue weighted by atomic mass is 16.2. The Labute approximate surface area is 199 Å². The third kappa shape index (κ3) is 5.53. The van der Waals surface area contributed by atoms with Gasteiger partial charge in [-0.05, 0) is 49.2 Å². The maximum absolute atomic E-state index is 12.8. The molecule has 0 fully saturated rings. The van der Waals surface area contributed by atoms with E-state index in [1.165, 1.54) is 0 Å². The molecule has 170 valence electrons. The van der Waals surface area contributed by atoms with E-state index in [0.29, 0.717) is 22.5 Å². The first-order valence-electron chi connectivity index (χ1n) is 11.2. The smallest absolute Gasteiger partial charge is 0.251 e. The molecule has 34 heavy (non-hydrogen) atoms. The number of carbonyl (C=O) groups is 2. The average molecular weight is 451 g/mol. The molecule has 0 saturated carbocycles. The lowest BCUT2D eigenvalue weighted by Crippen LogP contribution is -2.27. The second kappa shape index (κ2) is 10.5. The third-order valence-corrected chi connectivity index (χ3v) is 5.60. The summed E-state index contributed by atoms with van der Waals surface area (Å²) < 4.78 is 0. The number of carbonyl (C=O) groups excluding carboxylic acids is 2. The minimum atomic E-state index is -0.203. The van der Waals surface area contributed by atoms with Crippen molar-refractivity contribution in [3.05, 3.63) is 120 Å². The van der Waals surface area contributed by atoms with Crippen molar-refractivity contribution >= 4 is 11.8 Å². The Bertz CT molecular complexity index is 1170. The summed E-state index contributed by atoms with van der Waals surface area (Å²) in [4.78, 5) is 34.4. The number of nitrogens with one attached hydrogen (secondary N) is 2. The zero-order valence-corrected chi connectivity index (χ0v) is 19.1. The van der Waals surface area contributed by atoms with Gasteiger partial charge in [0, 0.05) is 23.5 Å². The molecule has 0 unspecified atom stereocenters. The van der Waals surface area contributed by atoms with Crippen LogP contribution in [0.2, 0.25) is 0 Å². The summed E-state index contributed by atoms with van der Waals surface area (Å²) in [6.07, 6.45) is 3.15. The van der Waals surface area contributed by atoms with Gasteiger partial charge in [0.25, 0.3) is 11.8 Å². The Hall–Kier alpha value is -4.32. The van der Waals surface area contributed by atoms with Gasteiger partial charge in [-0.25, -0.2) is 0 Å². The minimum absolute atomic E-state index is 0.137. The lowest BCUT2D eigenvalue weighted by atomic mass is 10.1. The number of benzene rings is 2. The number of hydrogen-bond donors (Lipinski definition) is 2. The second-order valence-corrected chi connectivity index (χ2v) is 8.07. The van der Waals surface area contributed by atoms with Gasteiger partial charge in [-0.15, -0.1) is 0 Å². The molecule has 2 atom stereocenters. The Kier molecular flexibility index (Phi) is 7.08. The van der Waals surface area contributed by atoms with E-state index < -0.39 is 0 Å². The normalized spacial score (nSPS) is 12.4. The van der Waals surface area contributed by atoms with E-state index in [1.54, 1.807) is 36.7 Å². The summed E-state index contributed by atoms with van der Waals surface area (Å²) in [5.41, 5.74) is 4.03. The van der Waals surface area contributed by atoms with Crippen LogP contribution in [-0.4, -0.2) is 21.8 Å². The van der Waals surface area contributed by atoms with Gasteiger partial charge < -0.3 is 10.6 Å². The molecule has 2 aromatic heterocycles. The quantitative estimate of drug-likeness (QED) is 0.409. The van der Waals surface area contributed by atoms with Gasteiger partial charge in [0.2, 0.25) is 0 Å². The summed E-state index contributed by atoms with van der Waals surface area (Å²) in [5, 5.41) is 6.01. The largest absolute Gasteiger partial charge is 0.346 e. The van der Waals surface area contributed by atoms with E-state index in [1.807, 2.05) is 74.5 Å². The second-order valence-electron chi connectivity index (χ2n) is 8.07. The molecule has 0 saturated heterocycles. The van der Waals surface area contributed by atoms with Gasteiger partial charge in [0.1, 0.15) is 0 Å². The maximum Gasteiger partial charge on any atom is 0.251 e. The first-order valence-corrected chi connectivity index (χ1v) is 11.2. The van der Waals surface area contributed by atoms with Crippen LogP contribution in [0.3, 0.4) is 0 Å². The van der Waals surface area contributed by atoms with E-state index >= 15 is 0 Å². The van der Waals surface area contributed by atoms with Crippen molar-refractivity contribution in [1.29, 1.82) is 0 Å². The molecule has 2 N–H and O–H groups in total. The molecule has 2 heterocycles. The van der Waals surface area contributed by atoms with Crippen LogP contribution in [0.4, 0.5) is 0 Å². The van der Waals surface area contributed by atoms with Crippen molar-refractivity contribution in [2.75, 3.05) is 0 Å². The van der Waals surface area contributed by atoms with E-state index in [9.17, 15) is 9.59 Å². The number of aromatic nitrogens is 2. The fourth-order valence-electron chi connectivity index (χ4n) is 3.63. The van der Waals surface area contributed by atoms with Crippen LogP contribution in [0.25, 0.3) is 11.4 Å². The molecule has 0 aliphatic rings. The van der Waals surface area contributed by atoms with Crippen molar-refractivity contribution < 1.29 is 9.59 Å². The highest BCUT2D eigenvalue weighted by molar-refractivity contribution is 5.96. The lowest BCUT2D eigenvalue weighted by molar-refractivity contribution is 0.0931. The molecule has 6 nitrogen and oxygen atoms in total. The van der Waals surface area contributed by atoms with Crippen LogP contribution in [0.15, 0.2) is 97.3 Å². The van der Waals surface area contributed by atoms with Crippen LogP contribution < -0.4 is 10.6 Å². The molecule has 0 spiro atoms. The molecule has 2 amide bonds. The van der Waals surface area contributed by atoms with Gasteiger partial charge in [-0.2, -0.15) is 0 Å². The maximum atomic E-state index is 12.8. The monoisotopic (exact) mass is 450 g/mol. The van der Waals surface area contributed by atoms with E-state index in [-0.39, 0.29) is 23.9 Å². The van der Waals surface area contributed by atoms with Gasteiger partial charge in [-0.3, -0.25) is 19.6 Å². The molecule has 4 aromatic rings. The van der Waals surface area contributed by atoms with Crippen LogP contribution in [0, 0.1) is 0 Å². The number of hydrogen-bond acceptors (Lipinski definition) is 4. The Balaban J connectivity index is 1.48. The predicted octanol–water partition coefficient (Wildman–Crippen LogP) is 5.13. The number of pyridine rings is 2. The Morgan fingerprint density at radius 1 is 0.618 bits per heavy atom. The fourth-order valence-corrected chi connectivity index (χ4v) is 3.63.